The van der Waals surface area contributed by atoms with Crippen molar-refractivity contribution >= 4 is 11.6 Å². The predicted octanol–water partition coefficient (Wildman–Crippen LogP) is -0.377. The number of aryl methyl sites for hydroxylation is 1. The smallest absolute Gasteiger partial charge is 0.276 e. The van der Waals surface area contributed by atoms with Gasteiger partial charge in [-0.1, -0.05) is 6.08 Å². The predicted molar refractivity (Wildman–Crippen MR) is 60.8 cm³/mol. The highest BCUT2D eigenvalue weighted by Crippen LogP contribution is 2.11. The lowest BCUT2D eigenvalue weighted by Crippen LogP contribution is -2.34. The van der Waals surface area contributed by atoms with E-state index in [1.54, 1.807) is 19.3 Å². The largest absolute Gasteiger partial charge is 0.396 e. The molecule has 0 aromatic carbocycles. The van der Waals surface area contributed by atoms with Gasteiger partial charge < -0.3 is 15.7 Å². The van der Waals surface area contributed by atoms with Crippen molar-refractivity contribution in [2.75, 3.05) is 25.4 Å². The van der Waals surface area contributed by atoms with Crippen molar-refractivity contribution in [1.29, 1.82) is 0 Å². The van der Waals surface area contributed by atoms with Crippen molar-refractivity contribution in [3.05, 3.63) is 24.5 Å². The van der Waals surface area contributed by atoms with Crippen LogP contribution in [0.4, 0.5) is 5.69 Å². The molecule has 1 rings (SSSR count). The Bertz CT molecular complexity index is 386. The first-order chi connectivity index (χ1) is 7.60. The zero-order valence-corrected chi connectivity index (χ0v) is 9.26. The molecular formula is C10H16N4O2. The normalized spacial score (nSPS) is 10.1. The molecule has 88 valence electrons. The van der Waals surface area contributed by atoms with Gasteiger partial charge in [0.25, 0.3) is 5.91 Å². The van der Waals surface area contributed by atoms with Gasteiger partial charge in [-0.2, -0.15) is 5.10 Å². The lowest BCUT2D eigenvalue weighted by atomic mass is 10.3. The second-order valence-corrected chi connectivity index (χ2v) is 3.37. The van der Waals surface area contributed by atoms with Crippen molar-refractivity contribution < 1.29 is 9.90 Å². The number of aliphatic hydroxyl groups is 1. The van der Waals surface area contributed by atoms with Crippen LogP contribution in [0.2, 0.25) is 0 Å². The third-order valence-electron chi connectivity index (χ3n) is 2.07. The van der Waals surface area contributed by atoms with Crippen molar-refractivity contribution in [3.63, 3.8) is 0 Å². The Kier molecular flexibility index (Phi) is 4.07. The van der Waals surface area contributed by atoms with Crippen LogP contribution in [0.25, 0.3) is 0 Å². The molecule has 1 aromatic heterocycles. The maximum absolute atomic E-state index is 12.0. The number of amides is 1. The fourth-order valence-electron chi connectivity index (χ4n) is 1.38. The Balaban J connectivity index is 2.89. The van der Waals surface area contributed by atoms with E-state index in [0.29, 0.717) is 12.2 Å². The van der Waals surface area contributed by atoms with Crippen molar-refractivity contribution in [3.8, 4) is 0 Å². The number of aromatic nitrogens is 2. The van der Waals surface area contributed by atoms with Gasteiger partial charge in [0, 0.05) is 26.3 Å². The molecule has 1 heterocycles. The zero-order chi connectivity index (χ0) is 12.1. The number of nitrogens with zero attached hydrogens (tertiary/aromatic N) is 3. The second kappa shape index (κ2) is 5.32. The number of hydrogen-bond acceptors (Lipinski definition) is 4. The number of carbonyl (C=O) groups excluding carboxylic acids is 1. The summed E-state index contributed by atoms with van der Waals surface area (Å²) in [5.41, 5.74) is 6.19. The first kappa shape index (κ1) is 12.3. The number of rotatable bonds is 5. The fourth-order valence-corrected chi connectivity index (χ4v) is 1.38. The van der Waals surface area contributed by atoms with E-state index in [0.717, 1.165) is 0 Å². The fraction of sp³-hybridized carbons (Fsp3) is 0.400. The van der Waals surface area contributed by atoms with E-state index >= 15 is 0 Å². The van der Waals surface area contributed by atoms with Gasteiger partial charge in [0.2, 0.25) is 0 Å². The van der Waals surface area contributed by atoms with Crippen LogP contribution in [-0.2, 0) is 7.05 Å². The summed E-state index contributed by atoms with van der Waals surface area (Å²) in [6.45, 7) is 4.04. The molecule has 16 heavy (non-hydrogen) atoms. The van der Waals surface area contributed by atoms with Crippen molar-refractivity contribution in [2.45, 2.75) is 0 Å². The minimum atomic E-state index is -0.299. The van der Waals surface area contributed by atoms with Crippen LogP contribution in [0.5, 0.6) is 0 Å². The molecule has 3 N–H and O–H groups in total. The molecule has 0 unspecified atom stereocenters. The molecule has 0 spiro atoms. The molecule has 6 heteroatoms. The van der Waals surface area contributed by atoms with Gasteiger partial charge in [-0.15, -0.1) is 6.58 Å². The molecular weight excluding hydrogens is 208 g/mol. The summed E-state index contributed by atoms with van der Waals surface area (Å²) in [4.78, 5) is 13.4. The second-order valence-electron chi connectivity index (χ2n) is 3.37. The highest BCUT2D eigenvalue weighted by atomic mass is 16.3. The van der Waals surface area contributed by atoms with E-state index in [-0.39, 0.29) is 24.8 Å². The number of carbonyl (C=O) groups is 1. The maximum Gasteiger partial charge on any atom is 0.276 e. The van der Waals surface area contributed by atoms with Gasteiger partial charge >= 0.3 is 0 Å². The lowest BCUT2D eigenvalue weighted by molar-refractivity contribution is 0.0737. The summed E-state index contributed by atoms with van der Waals surface area (Å²) in [5.74, 6) is -0.299. The van der Waals surface area contributed by atoms with Gasteiger partial charge in [0.05, 0.1) is 12.3 Å². The van der Waals surface area contributed by atoms with Crippen LogP contribution in [-0.4, -0.2) is 45.4 Å². The van der Waals surface area contributed by atoms with E-state index in [9.17, 15) is 4.79 Å². The highest BCUT2D eigenvalue weighted by Gasteiger charge is 2.19. The van der Waals surface area contributed by atoms with Gasteiger partial charge in [-0.05, 0) is 0 Å². The standard InChI is InChI=1S/C10H16N4O2/c1-3-4-14(5-6-15)10(16)9-8(11)7-13(2)12-9/h3,7,15H,1,4-6,11H2,2H3. The minimum Gasteiger partial charge on any atom is -0.396 e. The van der Waals surface area contributed by atoms with Crippen LogP contribution < -0.4 is 5.73 Å². The zero-order valence-electron chi connectivity index (χ0n) is 9.26. The molecule has 6 nitrogen and oxygen atoms in total. The maximum atomic E-state index is 12.0. The molecule has 0 aliphatic heterocycles. The van der Waals surface area contributed by atoms with Crippen LogP contribution in [0, 0.1) is 0 Å². The first-order valence-electron chi connectivity index (χ1n) is 4.90. The molecule has 0 aliphatic carbocycles. The molecule has 0 radical (unpaired) electrons. The average Bonchev–Trinajstić information content (AvgIpc) is 2.56. The number of hydrogen-bond donors (Lipinski definition) is 2. The molecule has 0 bridgehead atoms. The van der Waals surface area contributed by atoms with Gasteiger partial charge in [0.15, 0.2) is 5.69 Å². The molecule has 0 saturated carbocycles. The summed E-state index contributed by atoms with van der Waals surface area (Å²) in [6, 6.07) is 0. The van der Waals surface area contributed by atoms with E-state index in [2.05, 4.69) is 11.7 Å². The van der Waals surface area contributed by atoms with E-state index in [1.165, 1.54) is 9.58 Å². The monoisotopic (exact) mass is 224 g/mol. The Hall–Kier alpha value is -1.82. The minimum absolute atomic E-state index is 0.105. The quantitative estimate of drug-likeness (QED) is 0.668. The Labute approximate surface area is 94.0 Å². The average molecular weight is 224 g/mol. The SMILES string of the molecule is C=CCN(CCO)C(=O)c1nn(C)cc1N. The van der Waals surface area contributed by atoms with Crippen LogP contribution in [0.15, 0.2) is 18.9 Å². The van der Waals surface area contributed by atoms with Crippen LogP contribution in [0.3, 0.4) is 0 Å². The van der Waals surface area contributed by atoms with Crippen LogP contribution in [0.1, 0.15) is 10.5 Å². The van der Waals surface area contributed by atoms with Crippen molar-refractivity contribution in [1.82, 2.24) is 14.7 Å². The Morgan fingerprint density at radius 1 is 1.81 bits per heavy atom. The molecule has 0 saturated heterocycles. The van der Waals surface area contributed by atoms with E-state index in [4.69, 9.17) is 10.8 Å². The first-order valence-corrected chi connectivity index (χ1v) is 4.90. The summed E-state index contributed by atoms with van der Waals surface area (Å²) in [6.07, 6.45) is 3.16. The molecule has 0 atom stereocenters. The number of nitrogen functional groups attached to an aromatic ring is 1. The molecule has 0 fully saturated rings. The highest BCUT2D eigenvalue weighted by molar-refractivity contribution is 5.97. The third kappa shape index (κ3) is 2.60. The molecule has 1 amide bonds. The van der Waals surface area contributed by atoms with E-state index < -0.39 is 0 Å². The van der Waals surface area contributed by atoms with Crippen LogP contribution >= 0.6 is 0 Å². The summed E-state index contributed by atoms with van der Waals surface area (Å²) in [7, 11) is 1.69. The summed E-state index contributed by atoms with van der Waals surface area (Å²) < 4.78 is 1.48. The number of nitrogens with two attached hydrogens (primary N) is 1. The number of aliphatic hydroxyl groups excluding tert-OH is 1. The third-order valence-corrected chi connectivity index (χ3v) is 2.07. The number of anilines is 1. The van der Waals surface area contributed by atoms with Gasteiger partial charge in [0.1, 0.15) is 0 Å². The molecule has 1 aromatic rings. The summed E-state index contributed by atoms with van der Waals surface area (Å²) in [5, 5.41) is 12.8. The van der Waals surface area contributed by atoms with Gasteiger partial charge in [-0.3, -0.25) is 9.48 Å². The van der Waals surface area contributed by atoms with E-state index in [1.807, 2.05) is 0 Å². The van der Waals surface area contributed by atoms with Crippen molar-refractivity contribution in [2.24, 2.45) is 7.05 Å². The topological polar surface area (TPSA) is 84.4 Å². The lowest BCUT2D eigenvalue weighted by Gasteiger charge is -2.18. The van der Waals surface area contributed by atoms with Gasteiger partial charge in [-0.25, -0.2) is 0 Å². The molecule has 0 aliphatic rings. The Morgan fingerprint density at radius 2 is 2.50 bits per heavy atom. The Morgan fingerprint density at radius 3 is 2.94 bits per heavy atom. The summed E-state index contributed by atoms with van der Waals surface area (Å²) >= 11 is 0.